The van der Waals surface area contributed by atoms with Crippen molar-refractivity contribution < 1.29 is 4.42 Å². The van der Waals surface area contributed by atoms with Gasteiger partial charge in [-0.25, -0.2) is 0 Å². The minimum absolute atomic E-state index is 0.0117. The molecule has 2 aliphatic heterocycles. The Labute approximate surface area is 517 Å². The maximum absolute atomic E-state index is 7.83. The Balaban J connectivity index is 1.08. The van der Waals surface area contributed by atoms with Crippen LogP contribution in [0.15, 0.2) is 126 Å². The summed E-state index contributed by atoms with van der Waals surface area (Å²) in [6.07, 6.45) is 9.27. The van der Waals surface area contributed by atoms with Crippen LogP contribution in [-0.4, -0.2) is 6.71 Å². The van der Waals surface area contributed by atoms with Gasteiger partial charge in [-0.3, -0.25) is 0 Å². The van der Waals surface area contributed by atoms with Crippen molar-refractivity contribution in [3.8, 4) is 0 Å². The van der Waals surface area contributed by atoms with E-state index in [0.717, 1.165) is 54.7 Å². The summed E-state index contributed by atoms with van der Waals surface area (Å²) in [7, 11) is 0. The van der Waals surface area contributed by atoms with E-state index in [0.29, 0.717) is 0 Å². The molecule has 3 heterocycles. The highest BCUT2D eigenvalue weighted by Gasteiger charge is 2.50. The SMILES string of the molecule is Cc1cc2c3c(c1)N(c1ccc4c(c1)C(C)(C)CCC4(C)C)c1c(oc4cc5c(cc14)C(C)(C)CCC5(C)C)B3c1ccc(N(c3ccc(C(C)(C)C)cc3)c3ccc4c(c3)C(C)(C)CCC4(C)C)cc1N2c1ccc2c(c1)C(C)(C)CCC2(C)C. The van der Waals surface area contributed by atoms with Gasteiger partial charge in [0.15, 0.2) is 0 Å². The van der Waals surface area contributed by atoms with Gasteiger partial charge in [0.2, 0.25) is 0 Å². The third-order valence-corrected chi connectivity index (χ3v) is 23.3. The molecule has 0 radical (unpaired) electrons. The van der Waals surface area contributed by atoms with Crippen LogP contribution >= 0.6 is 0 Å². The van der Waals surface area contributed by atoms with E-state index in [-0.39, 0.29) is 55.4 Å². The zero-order chi connectivity index (χ0) is 61.2. The van der Waals surface area contributed by atoms with Gasteiger partial charge in [-0.1, -0.05) is 168 Å². The first-order chi connectivity index (χ1) is 40.1. The van der Waals surface area contributed by atoms with E-state index in [1.54, 1.807) is 0 Å². The lowest BCUT2D eigenvalue weighted by atomic mass is 9.35. The summed E-state index contributed by atoms with van der Waals surface area (Å²) < 4.78 is 7.83. The van der Waals surface area contributed by atoms with Crippen molar-refractivity contribution in [3.05, 3.63) is 177 Å². The van der Waals surface area contributed by atoms with E-state index in [1.807, 2.05) is 0 Å². The van der Waals surface area contributed by atoms with E-state index >= 15 is 0 Å². The normalized spacial score (nSPS) is 20.9. The Morgan fingerprint density at radius 1 is 0.395 bits per heavy atom. The lowest BCUT2D eigenvalue weighted by Gasteiger charge is -2.45. The third-order valence-electron chi connectivity index (χ3n) is 23.3. The quantitative estimate of drug-likeness (QED) is 0.160. The molecule has 1 aromatic heterocycles. The Morgan fingerprint density at radius 2 is 0.791 bits per heavy atom. The first kappa shape index (κ1) is 57.3. The van der Waals surface area contributed by atoms with Crippen molar-refractivity contribution in [3.63, 3.8) is 0 Å². The molecule has 0 amide bonds. The minimum atomic E-state index is -0.190. The van der Waals surface area contributed by atoms with Crippen LogP contribution in [-0.2, 0) is 48.7 Å². The molecule has 0 unspecified atom stereocenters. The van der Waals surface area contributed by atoms with Crippen molar-refractivity contribution in [1.82, 2.24) is 0 Å². The molecule has 4 nitrogen and oxygen atoms in total. The molecule has 0 spiro atoms. The monoisotopic (exact) mass is 1140 g/mol. The van der Waals surface area contributed by atoms with Crippen molar-refractivity contribution >= 4 is 85.5 Å². The molecule has 0 bridgehead atoms. The molecular formula is C81H96BN3O. The molecule has 4 aliphatic carbocycles. The molecule has 8 aromatic rings. The zero-order valence-corrected chi connectivity index (χ0v) is 56.0. The van der Waals surface area contributed by atoms with Gasteiger partial charge in [-0.05, 0) is 259 Å². The average Bonchev–Trinajstić information content (AvgIpc) is 1.29. The van der Waals surface area contributed by atoms with Crippen LogP contribution in [0.1, 0.15) is 239 Å². The predicted molar refractivity (Wildman–Crippen MR) is 370 cm³/mol. The van der Waals surface area contributed by atoms with E-state index in [9.17, 15) is 0 Å². The van der Waals surface area contributed by atoms with E-state index in [4.69, 9.17) is 4.42 Å². The maximum atomic E-state index is 7.83. The van der Waals surface area contributed by atoms with Crippen LogP contribution in [0.3, 0.4) is 0 Å². The molecule has 6 aliphatic rings. The number of aryl methyl sites for hydroxylation is 1. The second kappa shape index (κ2) is 18.3. The van der Waals surface area contributed by atoms with Gasteiger partial charge in [-0.15, -0.1) is 0 Å². The fourth-order valence-corrected chi connectivity index (χ4v) is 17.1. The van der Waals surface area contributed by atoms with E-state index < -0.39 is 0 Å². The summed E-state index contributed by atoms with van der Waals surface area (Å²) in [5, 5.41) is 1.21. The van der Waals surface area contributed by atoms with Crippen LogP contribution in [0.5, 0.6) is 0 Å². The molecule has 5 heteroatoms. The van der Waals surface area contributed by atoms with Crippen LogP contribution in [0.4, 0.5) is 51.2 Å². The van der Waals surface area contributed by atoms with Gasteiger partial charge in [-0.2, -0.15) is 0 Å². The topological polar surface area (TPSA) is 22.9 Å². The molecule has 444 valence electrons. The molecule has 0 saturated carbocycles. The maximum Gasteiger partial charge on any atom is 0.297 e. The van der Waals surface area contributed by atoms with Crippen molar-refractivity contribution in [1.29, 1.82) is 0 Å². The van der Waals surface area contributed by atoms with Crippen molar-refractivity contribution in [2.75, 3.05) is 14.7 Å². The van der Waals surface area contributed by atoms with Gasteiger partial charge in [0, 0.05) is 50.9 Å². The summed E-state index contributed by atoms with van der Waals surface area (Å²) in [5.41, 5.74) is 30.0. The number of nitrogens with zero attached hydrogens (tertiary/aromatic N) is 3. The van der Waals surface area contributed by atoms with Gasteiger partial charge in [0.05, 0.1) is 11.3 Å². The van der Waals surface area contributed by atoms with Gasteiger partial charge in [0.25, 0.3) is 6.71 Å². The highest BCUT2D eigenvalue weighted by atomic mass is 16.3. The first-order valence-electron chi connectivity index (χ1n) is 32.9. The highest BCUT2D eigenvalue weighted by Crippen LogP contribution is 2.56. The van der Waals surface area contributed by atoms with Gasteiger partial charge >= 0.3 is 0 Å². The highest BCUT2D eigenvalue weighted by molar-refractivity contribution is 7.00. The van der Waals surface area contributed by atoms with Crippen molar-refractivity contribution in [2.45, 2.75) is 239 Å². The average molecular weight is 1140 g/mol. The van der Waals surface area contributed by atoms with E-state index in [2.05, 4.69) is 275 Å². The number of furan rings is 1. The first-order valence-corrected chi connectivity index (χ1v) is 32.9. The largest absolute Gasteiger partial charge is 0.468 e. The molecular weight excluding hydrogens is 1040 g/mol. The molecule has 0 fully saturated rings. The summed E-state index contributed by atoms with van der Waals surface area (Å²) in [4.78, 5) is 7.89. The lowest BCUT2D eigenvalue weighted by Crippen LogP contribution is -2.61. The van der Waals surface area contributed by atoms with Crippen LogP contribution < -0.4 is 31.3 Å². The van der Waals surface area contributed by atoms with Gasteiger partial charge in [0.1, 0.15) is 5.58 Å². The summed E-state index contributed by atoms with van der Waals surface area (Å²) in [5.74, 6) is 0. The fourth-order valence-electron chi connectivity index (χ4n) is 17.1. The Hall–Kier alpha value is -6.46. The Bertz CT molecular complexity index is 4150. The molecule has 0 atom stereocenters. The zero-order valence-electron chi connectivity index (χ0n) is 56.0. The number of rotatable bonds is 5. The molecule has 14 rings (SSSR count). The number of anilines is 9. The van der Waals surface area contributed by atoms with Crippen LogP contribution in [0.25, 0.3) is 11.0 Å². The molecule has 0 N–H and O–H groups in total. The summed E-state index contributed by atoms with van der Waals surface area (Å²) in [6, 6.07) is 49.5. The lowest BCUT2D eigenvalue weighted by molar-refractivity contribution is 0.332. The molecule has 86 heavy (non-hydrogen) atoms. The summed E-state index contributed by atoms with van der Waals surface area (Å²) >= 11 is 0. The predicted octanol–water partition coefficient (Wildman–Crippen LogP) is 21.0. The van der Waals surface area contributed by atoms with E-state index in [1.165, 1.54) is 131 Å². The van der Waals surface area contributed by atoms with Crippen LogP contribution in [0.2, 0.25) is 0 Å². The minimum Gasteiger partial charge on any atom is -0.468 e. The standard InChI is InChI=1S/C81H96BN3O/c1-49-41-67-70-68(42-49)85(54-27-31-59-62(45-54)79(15,16)38-35-76(59,9)10)71-56-47-63-64(81(19,20)40-39-80(63,17)18)48-69(56)86-72(71)82(70)65-32-28-55(46-66(65)84(67)53-26-30-58-61(44-53)78(13,14)37-34-75(58,7)8)83(51-23-21-50(22-24-51)73(2,3)4)52-25-29-57-60(43-52)77(11,12)36-33-74(57,5)6/h21-32,41-48H,33-40H2,1-20H3. The molecule has 7 aromatic carbocycles. The van der Waals surface area contributed by atoms with Crippen LogP contribution in [0, 0.1) is 6.92 Å². The second-order valence-corrected chi connectivity index (χ2v) is 34.2. The molecule has 0 saturated heterocycles. The second-order valence-electron chi connectivity index (χ2n) is 34.2. The Morgan fingerprint density at radius 3 is 1.29 bits per heavy atom. The number of benzene rings is 7. The smallest absolute Gasteiger partial charge is 0.297 e. The number of hydrogen-bond donors (Lipinski definition) is 0. The Kier molecular flexibility index (Phi) is 12.2. The summed E-state index contributed by atoms with van der Waals surface area (Å²) in [6.45, 7) is 48.4. The van der Waals surface area contributed by atoms with Crippen molar-refractivity contribution in [2.24, 2.45) is 0 Å². The number of fused-ring (bicyclic) bond motifs is 10. The fraction of sp³-hybridized carbons (Fsp3) is 0.457. The van der Waals surface area contributed by atoms with Gasteiger partial charge < -0.3 is 19.1 Å². The third kappa shape index (κ3) is 8.62. The number of hydrogen-bond acceptors (Lipinski definition) is 4.